The van der Waals surface area contributed by atoms with Gasteiger partial charge in [-0.2, -0.15) is 0 Å². The minimum Gasteiger partial charge on any atom is -0.378 e. The second-order valence-corrected chi connectivity index (χ2v) is 4.56. The highest BCUT2D eigenvalue weighted by atomic mass is 16.5. The van der Waals surface area contributed by atoms with E-state index in [9.17, 15) is 0 Å². The summed E-state index contributed by atoms with van der Waals surface area (Å²) in [4.78, 5) is 2.50. The molecule has 0 aromatic carbocycles. The van der Waals surface area contributed by atoms with Crippen LogP contribution in [0.3, 0.4) is 0 Å². The zero-order chi connectivity index (χ0) is 13.5. The number of hydrogen-bond acceptors (Lipinski definition) is 4. The summed E-state index contributed by atoms with van der Waals surface area (Å²) in [5, 5.41) is 0. The summed E-state index contributed by atoms with van der Waals surface area (Å²) in [5.74, 6) is 0. The highest BCUT2D eigenvalue weighted by Gasteiger charge is 2.02. The first-order chi connectivity index (χ1) is 8.85. The largest absolute Gasteiger partial charge is 0.378 e. The molecule has 0 aliphatic carbocycles. The fourth-order valence-corrected chi connectivity index (χ4v) is 1.84. The van der Waals surface area contributed by atoms with E-state index in [1.807, 2.05) is 0 Å². The van der Waals surface area contributed by atoms with Crippen LogP contribution in [-0.2, 0) is 9.47 Å². The van der Waals surface area contributed by atoms with Gasteiger partial charge < -0.3 is 20.1 Å². The van der Waals surface area contributed by atoms with E-state index in [1.54, 1.807) is 0 Å². The Hall–Kier alpha value is -0.160. The van der Waals surface area contributed by atoms with Gasteiger partial charge in [-0.1, -0.05) is 26.7 Å². The van der Waals surface area contributed by atoms with Crippen LogP contribution in [0.4, 0.5) is 0 Å². The third-order valence-electron chi connectivity index (χ3n) is 2.80. The predicted octanol–water partition coefficient (Wildman–Crippen LogP) is 1.88. The van der Waals surface area contributed by atoms with Crippen LogP contribution in [-0.4, -0.2) is 57.5 Å². The first-order valence-electron chi connectivity index (χ1n) is 7.43. The lowest BCUT2D eigenvalue weighted by Crippen LogP contribution is -2.30. The van der Waals surface area contributed by atoms with E-state index in [-0.39, 0.29) is 0 Å². The average molecular weight is 260 g/mol. The number of nitrogens with zero attached hydrogens (tertiary/aromatic N) is 1. The summed E-state index contributed by atoms with van der Waals surface area (Å²) in [7, 11) is 0. The molecule has 0 spiro atoms. The lowest BCUT2D eigenvalue weighted by molar-refractivity contribution is 0.0409. The van der Waals surface area contributed by atoms with E-state index in [4.69, 9.17) is 15.2 Å². The third kappa shape index (κ3) is 12.3. The number of ether oxygens (including phenoxy) is 2. The summed E-state index contributed by atoms with van der Waals surface area (Å²) >= 11 is 0. The topological polar surface area (TPSA) is 47.7 Å². The fraction of sp³-hybridized carbons (Fsp3) is 1.00. The van der Waals surface area contributed by atoms with E-state index >= 15 is 0 Å². The molecule has 0 heterocycles. The Morgan fingerprint density at radius 3 is 2.11 bits per heavy atom. The van der Waals surface area contributed by atoms with Gasteiger partial charge in [-0.15, -0.1) is 0 Å². The molecule has 0 bridgehead atoms. The minimum absolute atomic E-state index is 0.585. The highest BCUT2D eigenvalue weighted by molar-refractivity contribution is 4.56. The van der Waals surface area contributed by atoms with E-state index in [0.717, 1.165) is 13.2 Å². The average Bonchev–Trinajstić information content (AvgIpc) is 2.38. The lowest BCUT2D eigenvalue weighted by atomic mass is 10.2. The van der Waals surface area contributed by atoms with Crippen LogP contribution in [0, 0.1) is 0 Å². The van der Waals surface area contributed by atoms with E-state index in [0.29, 0.717) is 26.4 Å². The van der Waals surface area contributed by atoms with Crippen LogP contribution >= 0.6 is 0 Å². The molecule has 0 aliphatic heterocycles. The Balaban J connectivity index is 3.39. The molecule has 4 nitrogen and oxygen atoms in total. The molecule has 0 atom stereocenters. The van der Waals surface area contributed by atoms with Crippen molar-refractivity contribution in [3.05, 3.63) is 0 Å². The number of nitrogens with two attached hydrogens (primary N) is 1. The van der Waals surface area contributed by atoms with Gasteiger partial charge >= 0.3 is 0 Å². The molecular formula is C14H32N2O2. The molecule has 0 rings (SSSR count). The predicted molar refractivity (Wildman–Crippen MR) is 76.9 cm³/mol. The summed E-state index contributed by atoms with van der Waals surface area (Å²) in [6, 6.07) is 0. The molecule has 0 aromatic heterocycles. The standard InChI is InChI=1S/C14H32N2O2/c1-3-5-6-9-16(8-4-2)10-12-18-14-13-17-11-7-15/h3-15H2,1-2H3. The molecule has 0 saturated carbocycles. The second kappa shape index (κ2) is 14.9. The van der Waals surface area contributed by atoms with E-state index in [1.165, 1.54) is 38.8 Å². The van der Waals surface area contributed by atoms with Crippen LogP contribution in [0.25, 0.3) is 0 Å². The van der Waals surface area contributed by atoms with Gasteiger partial charge in [0.05, 0.1) is 26.4 Å². The van der Waals surface area contributed by atoms with Crippen molar-refractivity contribution in [2.75, 3.05) is 52.6 Å². The molecule has 0 amide bonds. The Morgan fingerprint density at radius 2 is 1.50 bits per heavy atom. The SMILES string of the molecule is CCCCCN(CCC)CCOCCOCCN. The number of rotatable bonds is 14. The van der Waals surface area contributed by atoms with Crippen molar-refractivity contribution in [1.82, 2.24) is 4.90 Å². The molecule has 4 heteroatoms. The normalized spacial score (nSPS) is 11.3. The monoisotopic (exact) mass is 260 g/mol. The van der Waals surface area contributed by atoms with E-state index in [2.05, 4.69) is 18.7 Å². The molecule has 0 aliphatic rings. The lowest BCUT2D eigenvalue weighted by Gasteiger charge is -2.21. The van der Waals surface area contributed by atoms with Crippen LogP contribution in [0.1, 0.15) is 39.5 Å². The zero-order valence-electron chi connectivity index (χ0n) is 12.3. The van der Waals surface area contributed by atoms with Crippen molar-refractivity contribution in [1.29, 1.82) is 0 Å². The van der Waals surface area contributed by atoms with Gasteiger partial charge in [0.15, 0.2) is 0 Å². The van der Waals surface area contributed by atoms with Gasteiger partial charge in [-0.05, 0) is 25.9 Å². The van der Waals surface area contributed by atoms with Crippen molar-refractivity contribution >= 4 is 0 Å². The molecule has 0 unspecified atom stereocenters. The molecule has 0 saturated heterocycles. The maximum Gasteiger partial charge on any atom is 0.0701 e. The summed E-state index contributed by atoms with van der Waals surface area (Å²) in [6.45, 7) is 11.2. The summed E-state index contributed by atoms with van der Waals surface area (Å²) in [5.41, 5.74) is 5.33. The molecule has 0 fully saturated rings. The molecule has 0 radical (unpaired) electrons. The maximum atomic E-state index is 5.56. The summed E-state index contributed by atoms with van der Waals surface area (Å²) in [6.07, 6.45) is 5.13. The Kier molecular flexibility index (Phi) is 14.8. The second-order valence-electron chi connectivity index (χ2n) is 4.56. The van der Waals surface area contributed by atoms with Crippen molar-refractivity contribution < 1.29 is 9.47 Å². The van der Waals surface area contributed by atoms with Gasteiger partial charge in [0.2, 0.25) is 0 Å². The minimum atomic E-state index is 0.585. The highest BCUT2D eigenvalue weighted by Crippen LogP contribution is 1.99. The molecule has 18 heavy (non-hydrogen) atoms. The van der Waals surface area contributed by atoms with Gasteiger partial charge in [0, 0.05) is 13.1 Å². The quantitative estimate of drug-likeness (QED) is 0.484. The Morgan fingerprint density at radius 1 is 0.778 bits per heavy atom. The maximum absolute atomic E-state index is 5.56. The van der Waals surface area contributed by atoms with Crippen LogP contribution in [0.2, 0.25) is 0 Å². The van der Waals surface area contributed by atoms with Crippen LogP contribution < -0.4 is 5.73 Å². The van der Waals surface area contributed by atoms with Gasteiger partial charge in [0.25, 0.3) is 0 Å². The Bertz CT molecular complexity index is 157. The molecule has 2 N–H and O–H groups in total. The first-order valence-corrected chi connectivity index (χ1v) is 7.43. The van der Waals surface area contributed by atoms with Gasteiger partial charge in [-0.3, -0.25) is 0 Å². The van der Waals surface area contributed by atoms with Crippen LogP contribution in [0.15, 0.2) is 0 Å². The van der Waals surface area contributed by atoms with E-state index < -0.39 is 0 Å². The van der Waals surface area contributed by atoms with Crippen molar-refractivity contribution in [2.45, 2.75) is 39.5 Å². The van der Waals surface area contributed by atoms with Crippen molar-refractivity contribution in [3.63, 3.8) is 0 Å². The number of unbranched alkanes of at least 4 members (excludes halogenated alkanes) is 2. The zero-order valence-corrected chi connectivity index (χ0v) is 12.3. The fourth-order valence-electron chi connectivity index (χ4n) is 1.84. The van der Waals surface area contributed by atoms with Crippen LogP contribution in [0.5, 0.6) is 0 Å². The molecule has 0 aromatic rings. The smallest absolute Gasteiger partial charge is 0.0701 e. The molecule has 110 valence electrons. The third-order valence-corrected chi connectivity index (χ3v) is 2.80. The Labute approximate surface area is 113 Å². The number of hydrogen-bond donors (Lipinski definition) is 1. The van der Waals surface area contributed by atoms with Crippen molar-refractivity contribution in [3.8, 4) is 0 Å². The van der Waals surface area contributed by atoms with Gasteiger partial charge in [0.1, 0.15) is 0 Å². The first kappa shape index (κ1) is 17.8. The summed E-state index contributed by atoms with van der Waals surface area (Å²) < 4.78 is 10.8. The molecular weight excluding hydrogens is 228 g/mol. The van der Waals surface area contributed by atoms with Crippen molar-refractivity contribution in [2.24, 2.45) is 5.73 Å². The van der Waals surface area contributed by atoms with Gasteiger partial charge in [-0.25, -0.2) is 0 Å².